The Bertz CT molecular complexity index is 796. The lowest BCUT2D eigenvalue weighted by molar-refractivity contribution is -0.0651. The minimum absolute atomic E-state index is 0.00835. The number of imidazole rings is 1. The van der Waals surface area contributed by atoms with Gasteiger partial charge in [-0.25, -0.2) is 9.78 Å². The predicted octanol–water partition coefficient (Wildman–Crippen LogP) is 2.48. The summed E-state index contributed by atoms with van der Waals surface area (Å²) in [5.74, 6) is 0. The average molecular weight is 344 g/mol. The van der Waals surface area contributed by atoms with E-state index >= 15 is 0 Å². The van der Waals surface area contributed by atoms with Crippen LogP contribution < -0.4 is 0 Å². The van der Waals surface area contributed by atoms with E-state index in [2.05, 4.69) is 9.97 Å². The van der Waals surface area contributed by atoms with Crippen LogP contribution in [0.2, 0.25) is 0 Å². The van der Waals surface area contributed by atoms with Crippen LogP contribution in [0.25, 0.3) is 5.65 Å². The van der Waals surface area contributed by atoms with Crippen molar-refractivity contribution < 1.29 is 14.6 Å². The number of piperidine rings is 1. The molecule has 7 nitrogen and oxygen atoms in total. The molecule has 2 unspecified atom stereocenters. The second kappa shape index (κ2) is 5.42. The summed E-state index contributed by atoms with van der Waals surface area (Å²) in [4.78, 5) is 22.8. The summed E-state index contributed by atoms with van der Waals surface area (Å²) in [5.41, 5.74) is -0.0252. The van der Waals surface area contributed by atoms with Crippen LogP contribution in [0, 0.1) is 0 Å². The van der Waals surface area contributed by atoms with Crippen molar-refractivity contribution in [3.05, 3.63) is 30.5 Å². The number of ether oxygens (including phenoxy) is 1. The fourth-order valence-corrected chi connectivity index (χ4v) is 4.23. The zero-order valence-electron chi connectivity index (χ0n) is 14.8. The third kappa shape index (κ3) is 2.76. The molecule has 2 saturated heterocycles. The molecule has 1 amide bonds. The molecule has 2 aliphatic heterocycles. The lowest BCUT2D eigenvalue weighted by Gasteiger charge is -2.43. The second-order valence-electron chi connectivity index (χ2n) is 8.16. The topological polar surface area (TPSA) is 80.0 Å². The third-order valence-electron chi connectivity index (χ3n) is 5.16. The van der Waals surface area contributed by atoms with Crippen molar-refractivity contribution in [3.8, 4) is 0 Å². The molecule has 2 aromatic rings. The van der Waals surface area contributed by atoms with E-state index in [4.69, 9.17) is 4.74 Å². The van der Waals surface area contributed by atoms with Crippen LogP contribution in [-0.2, 0) is 10.3 Å². The van der Waals surface area contributed by atoms with E-state index in [0.29, 0.717) is 18.5 Å². The van der Waals surface area contributed by atoms with Gasteiger partial charge in [0, 0.05) is 37.3 Å². The molecule has 4 heterocycles. The minimum atomic E-state index is -0.995. The number of amides is 1. The first kappa shape index (κ1) is 16.3. The van der Waals surface area contributed by atoms with Crippen LogP contribution in [0.1, 0.15) is 52.1 Å². The number of aromatic nitrogens is 3. The fraction of sp³-hybridized carbons (Fsp3) is 0.611. The first-order chi connectivity index (χ1) is 11.8. The smallest absolute Gasteiger partial charge is 0.410 e. The first-order valence-corrected chi connectivity index (χ1v) is 8.78. The lowest BCUT2D eigenvalue weighted by atomic mass is 9.84. The molecule has 0 aromatic carbocycles. The lowest BCUT2D eigenvalue weighted by Crippen LogP contribution is -2.53. The number of rotatable bonds is 1. The van der Waals surface area contributed by atoms with Crippen molar-refractivity contribution >= 4 is 11.7 Å². The Morgan fingerprint density at radius 1 is 1.28 bits per heavy atom. The number of carbonyl (C=O) groups excluding carboxylic acids is 1. The van der Waals surface area contributed by atoms with Gasteiger partial charge in [0.1, 0.15) is 11.2 Å². The number of nitrogens with zero attached hydrogens (tertiary/aromatic N) is 4. The number of hydrogen-bond acceptors (Lipinski definition) is 5. The van der Waals surface area contributed by atoms with E-state index in [1.807, 2.05) is 36.3 Å². The molecule has 2 atom stereocenters. The van der Waals surface area contributed by atoms with E-state index in [-0.39, 0.29) is 18.2 Å². The van der Waals surface area contributed by atoms with Crippen LogP contribution in [0.15, 0.2) is 24.8 Å². The Hall–Kier alpha value is -2.15. The van der Waals surface area contributed by atoms with Crippen LogP contribution in [-0.4, -0.2) is 48.2 Å². The molecule has 0 radical (unpaired) electrons. The van der Waals surface area contributed by atoms with E-state index < -0.39 is 11.2 Å². The van der Waals surface area contributed by atoms with E-state index in [0.717, 1.165) is 18.5 Å². The van der Waals surface area contributed by atoms with Gasteiger partial charge in [0.25, 0.3) is 0 Å². The summed E-state index contributed by atoms with van der Waals surface area (Å²) in [5, 5.41) is 11.4. The van der Waals surface area contributed by atoms with Crippen molar-refractivity contribution in [3.63, 3.8) is 0 Å². The van der Waals surface area contributed by atoms with Crippen molar-refractivity contribution in [1.29, 1.82) is 0 Å². The summed E-state index contributed by atoms with van der Waals surface area (Å²) < 4.78 is 7.45. The van der Waals surface area contributed by atoms with Gasteiger partial charge in [-0.2, -0.15) is 0 Å². The standard InChI is InChI=1S/C18H24N4O3/c1-17(2,3)25-16(23)22-12-4-5-13(22)9-18(24,8-12)14-10-20-15-11-19-6-7-21(14)15/h6-7,10-13,24H,4-5,8-9H2,1-3H3. The Balaban J connectivity index is 1.61. The highest BCUT2D eigenvalue weighted by Crippen LogP contribution is 2.46. The monoisotopic (exact) mass is 344 g/mol. The largest absolute Gasteiger partial charge is 0.444 e. The van der Waals surface area contributed by atoms with E-state index in [1.54, 1.807) is 18.6 Å². The molecule has 2 aliphatic rings. The highest BCUT2D eigenvalue weighted by atomic mass is 16.6. The molecule has 0 aliphatic carbocycles. The van der Waals surface area contributed by atoms with E-state index in [1.165, 1.54) is 0 Å². The van der Waals surface area contributed by atoms with Crippen LogP contribution in [0.3, 0.4) is 0 Å². The molecule has 2 bridgehead atoms. The third-order valence-corrected chi connectivity index (χ3v) is 5.16. The molecule has 2 aromatic heterocycles. The van der Waals surface area contributed by atoms with Gasteiger partial charge < -0.3 is 14.7 Å². The van der Waals surface area contributed by atoms with Gasteiger partial charge in [0.15, 0.2) is 5.65 Å². The molecule has 0 spiro atoms. The van der Waals surface area contributed by atoms with Crippen LogP contribution in [0.5, 0.6) is 0 Å². The normalized spacial score (nSPS) is 29.2. The van der Waals surface area contributed by atoms with Crippen LogP contribution in [0.4, 0.5) is 4.79 Å². The minimum Gasteiger partial charge on any atom is -0.444 e. The van der Waals surface area contributed by atoms with Crippen LogP contribution >= 0.6 is 0 Å². The fourth-order valence-electron chi connectivity index (χ4n) is 4.23. The Morgan fingerprint density at radius 2 is 1.96 bits per heavy atom. The van der Waals surface area contributed by atoms with Crippen molar-refractivity contribution in [2.24, 2.45) is 0 Å². The number of hydrogen-bond donors (Lipinski definition) is 1. The summed E-state index contributed by atoms with van der Waals surface area (Å²) >= 11 is 0. The molecule has 1 N–H and O–H groups in total. The molecule has 25 heavy (non-hydrogen) atoms. The molecular weight excluding hydrogens is 320 g/mol. The van der Waals surface area contributed by atoms with Crippen molar-refractivity contribution in [2.75, 3.05) is 0 Å². The molecule has 7 heteroatoms. The predicted molar refractivity (Wildman–Crippen MR) is 91.0 cm³/mol. The Labute approximate surface area is 146 Å². The average Bonchev–Trinajstić information content (AvgIpc) is 3.06. The highest BCUT2D eigenvalue weighted by molar-refractivity contribution is 5.69. The highest BCUT2D eigenvalue weighted by Gasteiger charge is 2.52. The van der Waals surface area contributed by atoms with Gasteiger partial charge in [-0.15, -0.1) is 0 Å². The Kier molecular flexibility index (Phi) is 3.54. The van der Waals surface area contributed by atoms with E-state index in [9.17, 15) is 9.90 Å². The summed E-state index contributed by atoms with van der Waals surface area (Å²) in [6.07, 6.45) is 9.41. The Morgan fingerprint density at radius 3 is 2.60 bits per heavy atom. The molecular formula is C18H24N4O3. The molecule has 0 saturated carbocycles. The zero-order chi connectivity index (χ0) is 17.8. The van der Waals surface area contributed by atoms with Gasteiger partial charge in [0.05, 0.1) is 18.1 Å². The maximum atomic E-state index is 12.6. The second-order valence-corrected chi connectivity index (χ2v) is 8.16. The molecule has 2 fully saturated rings. The number of carbonyl (C=O) groups is 1. The summed E-state index contributed by atoms with van der Waals surface area (Å²) in [6.45, 7) is 5.62. The molecule has 4 rings (SSSR count). The maximum Gasteiger partial charge on any atom is 0.410 e. The van der Waals surface area contributed by atoms with Crippen molar-refractivity contribution in [1.82, 2.24) is 19.3 Å². The quantitative estimate of drug-likeness (QED) is 0.860. The van der Waals surface area contributed by atoms with Gasteiger partial charge >= 0.3 is 6.09 Å². The van der Waals surface area contributed by atoms with Crippen molar-refractivity contribution in [2.45, 2.75) is 69.7 Å². The number of fused-ring (bicyclic) bond motifs is 3. The van der Waals surface area contributed by atoms with Gasteiger partial charge in [-0.3, -0.25) is 9.38 Å². The van der Waals surface area contributed by atoms with Gasteiger partial charge in [-0.05, 0) is 33.6 Å². The SMILES string of the molecule is CC(C)(C)OC(=O)N1C2CCC1CC(O)(c1cnc3cnccn13)C2. The summed E-state index contributed by atoms with van der Waals surface area (Å²) in [6, 6.07) is -0.0167. The zero-order valence-corrected chi connectivity index (χ0v) is 14.8. The maximum absolute atomic E-state index is 12.6. The van der Waals surface area contributed by atoms with Gasteiger partial charge in [-0.1, -0.05) is 0 Å². The summed E-state index contributed by atoms with van der Waals surface area (Å²) in [7, 11) is 0. The first-order valence-electron chi connectivity index (χ1n) is 8.78. The number of aliphatic hydroxyl groups is 1. The van der Waals surface area contributed by atoms with Gasteiger partial charge in [0.2, 0.25) is 0 Å². The molecule has 134 valence electrons.